The molecule has 2 fully saturated rings. The first-order valence-electron chi connectivity index (χ1n) is 10.0. The first-order valence-corrected chi connectivity index (χ1v) is 10.0. The van der Waals surface area contributed by atoms with Gasteiger partial charge >= 0.3 is 0 Å². The Bertz CT molecular complexity index is 704. The van der Waals surface area contributed by atoms with Crippen LogP contribution in [0.25, 0.3) is 0 Å². The molecule has 5 heteroatoms. The average molecular weight is 376 g/mol. The summed E-state index contributed by atoms with van der Waals surface area (Å²) in [5, 5.41) is 11.2. The van der Waals surface area contributed by atoms with Gasteiger partial charge < -0.3 is 24.1 Å². The van der Waals surface area contributed by atoms with E-state index in [4.69, 9.17) is 18.9 Å². The predicted molar refractivity (Wildman–Crippen MR) is 102 cm³/mol. The lowest BCUT2D eigenvalue weighted by atomic mass is 9.45. The molecule has 150 valence electrons. The lowest BCUT2D eigenvalue weighted by molar-refractivity contribution is -0.200. The number of fused-ring (bicyclic) bond motifs is 1. The molecule has 0 aromatic heterocycles. The molecule has 0 heterocycles. The van der Waals surface area contributed by atoms with E-state index in [1.165, 1.54) is 5.56 Å². The Balaban J connectivity index is 1.97. The first kappa shape index (κ1) is 19.0. The number of rotatable bonds is 4. The molecule has 1 aromatic carbocycles. The fourth-order valence-electron chi connectivity index (χ4n) is 6.62. The van der Waals surface area contributed by atoms with Crippen molar-refractivity contribution in [3.05, 3.63) is 23.3 Å². The summed E-state index contributed by atoms with van der Waals surface area (Å²) < 4.78 is 23.4. The van der Waals surface area contributed by atoms with Gasteiger partial charge in [0.25, 0.3) is 0 Å². The second-order valence-corrected chi connectivity index (χ2v) is 8.55. The quantitative estimate of drug-likeness (QED) is 0.874. The standard InChI is InChI=1S/C22H32O5/c1-12-8-9-22-15(11-17(25-3)20(26-4)21(22)27-5)14(12)10-13-6-7-16(24-2)19(23)18(13)22/h6-7,12,14-15,17,20-21,23H,8-11H2,1-5H3/t12-,14?,15?,17?,20?,21?,22+/m0/s1. The second-order valence-electron chi connectivity index (χ2n) is 8.55. The van der Waals surface area contributed by atoms with Crippen LogP contribution >= 0.6 is 0 Å². The maximum Gasteiger partial charge on any atom is 0.161 e. The third kappa shape index (κ3) is 2.48. The van der Waals surface area contributed by atoms with Gasteiger partial charge in [0.1, 0.15) is 6.10 Å². The SMILES string of the molecule is COc1ccc2c(c1O)[C@@]13CC[C@H](C)C(C2)C1CC(OC)C(OC)C3OC. The van der Waals surface area contributed by atoms with E-state index in [2.05, 4.69) is 13.0 Å². The topological polar surface area (TPSA) is 57.2 Å². The minimum Gasteiger partial charge on any atom is -0.504 e. The van der Waals surface area contributed by atoms with Crippen molar-refractivity contribution in [2.45, 2.75) is 56.3 Å². The van der Waals surface area contributed by atoms with Crippen LogP contribution in [0.15, 0.2) is 12.1 Å². The number of ether oxygens (including phenoxy) is 4. The molecule has 0 aliphatic heterocycles. The molecule has 27 heavy (non-hydrogen) atoms. The molecule has 3 aliphatic carbocycles. The van der Waals surface area contributed by atoms with Crippen LogP contribution in [0.5, 0.6) is 11.5 Å². The molecule has 0 radical (unpaired) electrons. The highest BCUT2D eigenvalue weighted by molar-refractivity contribution is 5.57. The molecule has 7 atom stereocenters. The largest absolute Gasteiger partial charge is 0.504 e. The Morgan fingerprint density at radius 3 is 2.48 bits per heavy atom. The fraction of sp³-hybridized carbons (Fsp3) is 0.727. The van der Waals surface area contributed by atoms with Gasteiger partial charge in [0.15, 0.2) is 11.5 Å². The maximum absolute atomic E-state index is 11.2. The Morgan fingerprint density at radius 2 is 1.85 bits per heavy atom. The van der Waals surface area contributed by atoms with Gasteiger partial charge in [0.05, 0.1) is 19.3 Å². The summed E-state index contributed by atoms with van der Waals surface area (Å²) in [6.07, 6.45) is 3.70. The van der Waals surface area contributed by atoms with Crippen LogP contribution in [-0.2, 0) is 26.0 Å². The van der Waals surface area contributed by atoms with E-state index >= 15 is 0 Å². The molecule has 2 bridgehead atoms. The Hall–Kier alpha value is -1.30. The Morgan fingerprint density at radius 1 is 1.07 bits per heavy atom. The summed E-state index contributed by atoms with van der Waals surface area (Å²) in [7, 11) is 6.87. The molecule has 0 spiro atoms. The second kappa shape index (κ2) is 6.94. The lowest BCUT2D eigenvalue weighted by Crippen LogP contribution is -2.66. The van der Waals surface area contributed by atoms with Crippen LogP contribution in [0.2, 0.25) is 0 Å². The summed E-state index contributed by atoms with van der Waals surface area (Å²) in [5.41, 5.74) is 1.99. The van der Waals surface area contributed by atoms with Crippen molar-refractivity contribution in [2.75, 3.05) is 28.4 Å². The molecule has 1 N–H and O–H groups in total. The number of phenolic OH excluding ortho intramolecular Hbond substituents is 1. The predicted octanol–water partition coefficient (Wildman–Crippen LogP) is 3.31. The van der Waals surface area contributed by atoms with Gasteiger partial charge in [-0.3, -0.25) is 0 Å². The summed E-state index contributed by atoms with van der Waals surface area (Å²) in [5.74, 6) is 2.42. The molecular weight excluding hydrogens is 344 g/mol. The van der Waals surface area contributed by atoms with Gasteiger partial charge in [0, 0.05) is 32.3 Å². The third-order valence-corrected chi connectivity index (χ3v) is 7.78. The highest BCUT2D eigenvalue weighted by Gasteiger charge is 2.64. The zero-order chi connectivity index (χ0) is 19.3. The molecule has 0 amide bonds. The van der Waals surface area contributed by atoms with E-state index in [0.29, 0.717) is 23.5 Å². The zero-order valence-electron chi connectivity index (χ0n) is 17.0. The molecular formula is C22H32O5. The summed E-state index contributed by atoms with van der Waals surface area (Å²) in [4.78, 5) is 0. The van der Waals surface area contributed by atoms with Crippen LogP contribution in [-0.4, -0.2) is 51.9 Å². The van der Waals surface area contributed by atoms with E-state index in [9.17, 15) is 5.11 Å². The average Bonchev–Trinajstić information content (AvgIpc) is 2.68. The van der Waals surface area contributed by atoms with E-state index < -0.39 is 0 Å². The minimum absolute atomic E-state index is 0.000163. The van der Waals surface area contributed by atoms with Crippen molar-refractivity contribution in [3.63, 3.8) is 0 Å². The Labute approximate surface area is 162 Å². The van der Waals surface area contributed by atoms with Crippen LogP contribution < -0.4 is 4.74 Å². The normalized spacial score (nSPS) is 40.2. The highest BCUT2D eigenvalue weighted by atomic mass is 16.6. The number of phenols is 1. The Kier molecular flexibility index (Phi) is 4.90. The van der Waals surface area contributed by atoms with Crippen molar-refractivity contribution in [2.24, 2.45) is 17.8 Å². The fourth-order valence-corrected chi connectivity index (χ4v) is 6.62. The van der Waals surface area contributed by atoms with Gasteiger partial charge in [-0.25, -0.2) is 0 Å². The van der Waals surface area contributed by atoms with Crippen molar-refractivity contribution in [1.82, 2.24) is 0 Å². The van der Waals surface area contributed by atoms with Gasteiger partial charge in [-0.2, -0.15) is 0 Å². The number of aromatic hydroxyl groups is 1. The number of benzene rings is 1. The number of hydrogen-bond donors (Lipinski definition) is 1. The molecule has 3 aliphatic rings. The molecule has 2 saturated carbocycles. The van der Waals surface area contributed by atoms with Crippen LogP contribution in [0.3, 0.4) is 0 Å². The monoisotopic (exact) mass is 376 g/mol. The van der Waals surface area contributed by atoms with Crippen LogP contribution in [0.4, 0.5) is 0 Å². The van der Waals surface area contributed by atoms with Crippen molar-refractivity contribution < 1.29 is 24.1 Å². The number of hydrogen-bond acceptors (Lipinski definition) is 5. The van der Waals surface area contributed by atoms with Gasteiger partial charge in [-0.05, 0) is 55.1 Å². The van der Waals surface area contributed by atoms with E-state index in [1.807, 2.05) is 6.07 Å². The van der Waals surface area contributed by atoms with Crippen molar-refractivity contribution in [1.29, 1.82) is 0 Å². The van der Waals surface area contributed by atoms with Gasteiger partial charge in [-0.1, -0.05) is 13.0 Å². The smallest absolute Gasteiger partial charge is 0.161 e. The van der Waals surface area contributed by atoms with Crippen LogP contribution in [0, 0.1) is 17.8 Å². The molecule has 4 rings (SSSR count). The molecule has 0 saturated heterocycles. The van der Waals surface area contributed by atoms with Gasteiger partial charge in [-0.15, -0.1) is 0 Å². The van der Waals surface area contributed by atoms with E-state index in [-0.39, 0.29) is 29.5 Å². The van der Waals surface area contributed by atoms with Crippen LogP contribution in [0.1, 0.15) is 37.3 Å². The summed E-state index contributed by atoms with van der Waals surface area (Å²) in [6.45, 7) is 2.37. The highest BCUT2D eigenvalue weighted by Crippen LogP contribution is 2.63. The first-order chi connectivity index (χ1) is 13.0. The van der Waals surface area contributed by atoms with Gasteiger partial charge in [0.2, 0.25) is 0 Å². The minimum atomic E-state index is -0.270. The van der Waals surface area contributed by atoms with Crippen molar-refractivity contribution >= 4 is 0 Å². The number of methoxy groups -OCH3 is 4. The summed E-state index contributed by atoms with van der Waals surface area (Å²) in [6, 6.07) is 4.02. The van der Waals surface area contributed by atoms with Crippen molar-refractivity contribution in [3.8, 4) is 11.5 Å². The zero-order valence-corrected chi connectivity index (χ0v) is 17.0. The molecule has 5 unspecified atom stereocenters. The van der Waals surface area contributed by atoms with E-state index in [1.54, 1.807) is 28.4 Å². The maximum atomic E-state index is 11.2. The van der Waals surface area contributed by atoms with E-state index in [0.717, 1.165) is 31.2 Å². The molecule has 1 aromatic rings. The third-order valence-electron chi connectivity index (χ3n) is 7.78. The summed E-state index contributed by atoms with van der Waals surface area (Å²) >= 11 is 0. The lowest BCUT2D eigenvalue weighted by Gasteiger charge is -2.62. The molecule has 5 nitrogen and oxygen atoms in total.